The van der Waals surface area contributed by atoms with E-state index in [0.29, 0.717) is 12.1 Å². The lowest BCUT2D eigenvalue weighted by atomic mass is 9.90. The van der Waals surface area contributed by atoms with Gasteiger partial charge in [0.05, 0.1) is 6.04 Å². The molecule has 1 aliphatic heterocycles. The van der Waals surface area contributed by atoms with Crippen LogP contribution in [0, 0.1) is 0 Å². The fraction of sp³-hybridized carbons (Fsp3) is 0.333. The van der Waals surface area contributed by atoms with E-state index in [1.165, 1.54) is 27.7 Å². The third-order valence-corrected chi connectivity index (χ3v) is 5.93. The fourth-order valence-corrected chi connectivity index (χ4v) is 4.53. The van der Waals surface area contributed by atoms with Crippen LogP contribution in [0.4, 0.5) is 0 Å². The standard InChI is InChI=1S/C21H24BrN3/c1-23-19(12-14-6-4-3-5-7-14)21-20-17(10-11-25(21)2)16-9-8-15(22)13-18(16)24-20/h3-9,13,19,21,23-24H,10-12H2,1-2H3. The van der Waals surface area contributed by atoms with Gasteiger partial charge in [-0.05, 0) is 50.2 Å². The minimum Gasteiger partial charge on any atom is -0.357 e. The highest BCUT2D eigenvalue weighted by atomic mass is 79.9. The maximum Gasteiger partial charge on any atom is 0.0657 e. The first-order chi connectivity index (χ1) is 12.2. The average molecular weight is 398 g/mol. The highest BCUT2D eigenvalue weighted by Gasteiger charge is 2.33. The summed E-state index contributed by atoms with van der Waals surface area (Å²) in [5.74, 6) is 0. The molecule has 0 radical (unpaired) electrons. The molecule has 3 nitrogen and oxygen atoms in total. The Balaban J connectivity index is 1.75. The lowest BCUT2D eigenvalue weighted by Gasteiger charge is -2.38. The number of aromatic amines is 1. The number of fused-ring (bicyclic) bond motifs is 3. The molecule has 2 aromatic carbocycles. The van der Waals surface area contributed by atoms with Crippen LogP contribution in [0.25, 0.3) is 10.9 Å². The maximum atomic E-state index is 3.73. The lowest BCUT2D eigenvalue weighted by Crippen LogP contribution is -2.45. The van der Waals surface area contributed by atoms with E-state index < -0.39 is 0 Å². The molecule has 4 rings (SSSR count). The van der Waals surface area contributed by atoms with Gasteiger partial charge in [0, 0.05) is 33.7 Å². The molecule has 0 saturated heterocycles. The van der Waals surface area contributed by atoms with Crippen LogP contribution in [0.15, 0.2) is 53.0 Å². The van der Waals surface area contributed by atoms with E-state index in [-0.39, 0.29) is 0 Å². The van der Waals surface area contributed by atoms with Gasteiger partial charge in [0.25, 0.3) is 0 Å². The highest BCUT2D eigenvalue weighted by Crippen LogP contribution is 2.37. The van der Waals surface area contributed by atoms with E-state index in [9.17, 15) is 0 Å². The summed E-state index contributed by atoms with van der Waals surface area (Å²) < 4.78 is 1.12. The van der Waals surface area contributed by atoms with Gasteiger partial charge >= 0.3 is 0 Å². The van der Waals surface area contributed by atoms with Gasteiger partial charge in [0.1, 0.15) is 0 Å². The molecule has 0 amide bonds. The number of nitrogens with zero attached hydrogens (tertiary/aromatic N) is 1. The van der Waals surface area contributed by atoms with Gasteiger partial charge in [-0.25, -0.2) is 0 Å². The molecule has 2 atom stereocenters. The molecule has 0 bridgehead atoms. The summed E-state index contributed by atoms with van der Waals surface area (Å²) in [6.07, 6.45) is 2.12. The SMILES string of the molecule is CNC(Cc1ccccc1)C1c2[nH]c3cc(Br)ccc3c2CCN1C. The zero-order valence-corrected chi connectivity index (χ0v) is 16.3. The van der Waals surface area contributed by atoms with Gasteiger partial charge in [-0.1, -0.05) is 52.3 Å². The van der Waals surface area contributed by atoms with Gasteiger partial charge in [0.15, 0.2) is 0 Å². The van der Waals surface area contributed by atoms with Crippen LogP contribution in [0.3, 0.4) is 0 Å². The summed E-state index contributed by atoms with van der Waals surface area (Å²) in [5.41, 5.74) is 5.46. The average Bonchev–Trinajstić information content (AvgIpc) is 2.98. The van der Waals surface area contributed by atoms with E-state index in [0.717, 1.165) is 23.9 Å². The smallest absolute Gasteiger partial charge is 0.0657 e. The minimum atomic E-state index is 0.347. The number of aromatic nitrogens is 1. The van der Waals surface area contributed by atoms with Crippen LogP contribution in [0.1, 0.15) is 22.9 Å². The van der Waals surface area contributed by atoms with Crippen LogP contribution in [-0.2, 0) is 12.8 Å². The van der Waals surface area contributed by atoms with Crippen LogP contribution in [0.2, 0.25) is 0 Å². The van der Waals surface area contributed by atoms with E-state index in [1.807, 2.05) is 0 Å². The Morgan fingerprint density at radius 1 is 1.24 bits per heavy atom. The zero-order valence-electron chi connectivity index (χ0n) is 14.7. The van der Waals surface area contributed by atoms with Crippen molar-refractivity contribution in [3.8, 4) is 0 Å². The molecule has 0 spiro atoms. The van der Waals surface area contributed by atoms with E-state index >= 15 is 0 Å². The van der Waals surface area contributed by atoms with Gasteiger partial charge in [0.2, 0.25) is 0 Å². The van der Waals surface area contributed by atoms with Crippen molar-refractivity contribution in [2.45, 2.75) is 24.9 Å². The van der Waals surface area contributed by atoms with Crippen molar-refractivity contribution in [1.29, 1.82) is 0 Å². The fourth-order valence-electron chi connectivity index (χ4n) is 4.17. The molecule has 0 aliphatic carbocycles. The van der Waals surface area contributed by atoms with Crippen LogP contribution >= 0.6 is 15.9 Å². The minimum absolute atomic E-state index is 0.347. The second-order valence-electron chi connectivity index (χ2n) is 6.97. The number of nitrogens with one attached hydrogen (secondary N) is 2. The summed E-state index contributed by atoms with van der Waals surface area (Å²) in [5, 5.41) is 4.94. The quantitative estimate of drug-likeness (QED) is 0.687. The number of likely N-dealkylation sites (N-methyl/N-ethyl adjacent to an activating group) is 2. The van der Waals surface area contributed by atoms with Crippen molar-refractivity contribution >= 4 is 26.8 Å². The Labute approximate surface area is 157 Å². The number of hydrogen-bond donors (Lipinski definition) is 2. The van der Waals surface area contributed by atoms with E-state index in [2.05, 4.69) is 93.8 Å². The number of hydrogen-bond acceptors (Lipinski definition) is 2. The molecule has 0 saturated carbocycles. The Hall–Kier alpha value is -1.62. The molecule has 1 aromatic heterocycles. The summed E-state index contributed by atoms with van der Waals surface area (Å²) in [6.45, 7) is 1.09. The molecule has 2 unspecified atom stereocenters. The van der Waals surface area contributed by atoms with Crippen molar-refractivity contribution in [2.75, 3.05) is 20.6 Å². The molecule has 2 heterocycles. The topological polar surface area (TPSA) is 31.1 Å². The largest absolute Gasteiger partial charge is 0.357 e. The number of benzene rings is 2. The lowest BCUT2D eigenvalue weighted by molar-refractivity contribution is 0.181. The first-order valence-corrected chi connectivity index (χ1v) is 9.68. The third-order valence-electron chi connectivity index (χ3n) is 5.44. The van der Waals surface area contributed by atoms with Gasteiger partial charge in [-0.3, -0.25) is 4.90 Å². The Morgan fingerprint density at radius 3 is 2.80 bits per heavy atom. The van der Waals surface area contributed by atoms with Crippen molar-refractivity contribution in [2.24, 2.45) is 0 Å². The predicted octanol–water partition coefficient (Wildman–Crippen LogP) is 4.29. The zero-order chi connectivity index (χ0) is 17.4. The predicted molar refractivity (Wildman–Crippen MR) is 108 cm³/mol. The highest BCUT2D eigenvalue weighted by molar-refractivity contribution is 9.10. The number of H-pyrrole nitrogens is 1. The molecule has 1 aliphatic rings. The summed E-state index contributed by atoms with van der Waals surface area (Å²) in [6, 6.07) is 18.0. The van der Waals surface area contributed by atoms with Crippen molar-refractivity contribution in [1.82, 2.24) is 15.2 Å². The summed E-state index contributed by atoms with van der Waals surface area (Å²) >= 11 is 3.60. The maximum absolute atomic E-state index is 3.73. The third kappa shape index (κ3) is 3.14. The van der Waals surface area contributed by atoms with Gasteiger partial charge < -0.3 is 10.3 Å². The molecule has 3 aromatic rings. The monoisotopic (exact) mass is 397 g/mol. The van der Waals surface area contributed by atoms with Crippen LogP contribution in [-0.4, -0.2) is 36.6 Å². The van der Waals surface area contributed by atoms with Gasteiger partial charge in [-0.2, -0.15) is 0 Å². The first kappa shape index (κ1) is 16.8. The first-order valence-electron chi connectivity index (χ1n) is 8.89. The summed E-state index contributed by atoms with van der Waals surface area (Å²) in [7, 11) is 4.32. The number of halogens is 1. The molecule has 25 heavy (non-hydrogen) atoms. The second kappa shape index (κ2) is 6.94. The molecule has 2 N–H and O–H groups in total. The Morgan fingerprint density at radius 2 is 2.04 bits per heavy atom. The number of rotatable bonds is 4. The van der Waals surface area contributed by atoms with Crippen molar-refractivity contribution in [3.63, 3.8) is 0 Å². The van der Waals surface area contributed by atoms with E-state index in [1.54, 1.807) is 0 Å². The Bertz CT molecular complexity index is 871. The van der Waals surface area contributed by atoms with Crippen LogP contribution < -0.4 is 5.32 Å². The van der Waals surface area contributed by atoms with Crippen molar-refractivity contribution in [3.05, 3.63) is 69.8 Å². The van der Waals surface area contributed by atoms with E-state index in [4.69, 9.17) is 0 Å². The van der Waals surface area contributed by atoms with Crippen LogP contribution in [0.5, 0.6) is 0 Å². The van der Waals surface area contributed by atoms with Gasteiger partial charge in [-0.15, -0.1) is 0 Å². The normalized spacial score (nSPS) is 19.1. The molecule has 4 heteroatoms. The second-order valence-corrected chi connectivity index (χ2v) is 7.88. The van der Waals surface area contributed by atoms with Crippen molar-refractivity contribution < 1.29 is 0 Å². The Kier molecular flexibility index (Phi) is 4.67. The molecular formula is C21H24BrN3. The summed E-state index contributed by atoms with van der Waals surface area (Å²) in [4.78, 5) is 6.21. The molecular weight excluding hydrogens is 374 g/mol. The molecule has 0 fully saturated rings. The molecule has 130 valence electrons.